The number of amides is 2. The Hall–Kier alpha value is -2.77. The summed E-state index contributed by atoms with van der Waals surface area (Å²) in [5.74, 6) is -0.0566. The summed E-state index contributed by atoms with van der Waals surface area (Å²) >= 11 is 6.00. The van der Waals surface area contributed by atoms with Gasteiger partial charge in [-0.05, 0) is 61.7 Å². The van der Waals surface area contributed by atoms with Gasteiger partial charge >= 0.3 is 6.09 Å². The van der Waals surface area contributed by atoms with Crippen LogP contribution in [0.2, 0.25) is 5.02 Å². The van der Waals surface area contributed by atoms with Crippen LogP contribution in [-0.4, -0.2) is 73.7 Å². The molecule has 2 aromatic carbocycles. The number of nitrogens with one attached hydrogen (secondary N) is 1. The lowest BCUT2D eigenvalue weighted by Crippen LogP contribution is -2.54. The monoisotopic (exact) mass is 484 g/mol. The smallest absolute Gasteiger partial charge is 0.409 e. The topological polar surface area (TPSA) is 65.1 Å². The highest BCUT2D eigenvalue weighted by Gasteiger charge is 2.29. The van der Waals surface area contributed by atoms with E-state index in [9.17, 15) is 9.59 Å². The Labute approximate surface area is 206 Å². The Kier molecular flexibility index (Phi) is 8.29. The maximum absolute atomic E-state index is 12.4. The first kappa shape index (κ1) is 24.4. The fourth-order valence-corrected chi connectivity index (χ4v) is 4.98. The quantitative estimate of drug-likeness (QED) is 0.663. The van der Waals surface area contributed by atoms with Crippen LogP contribution in [0, 0.1) is 0 Å². The lowest BCUT2D eigenvalue weighted by Gasteiger charge is -2.43. The van der Waals surface area contributed by atoms with Crippen molar-refractivity contribution < 1.29 is 14.3 Å². The molecule has 0 unspecified atom stereocenters. The summed E-state index contributed by atoms with van der Waals surface area (Å²) in [4.78, 5) is 31.0. The van der Waals surface area contributed by atoms with E-state index in [-0.39, 0.29) is 12.0 Å². The molecule has 2 aliphatic rings. The molecule has 182 valence electrons. The minimum absolute atomic E-state index is 0.0566. The summed E-state index contributed by atoms with van der Waals surface area (Å²) in [5, 5.41) is 3.60. The average Bonchev–Trinajstić information content (AvgIpc) is 2.85. The van der Waals surface area contributed by atoms with Crippen molar-refractivity contribution in [3.05, 3.63) is 59.1 Å². The molecule has 0 saturated carbocycles. The molecule has 2 saturated heterocycles. The molecule has 34 heavy (non-hydrogen) atoms. The van der Waals surface area contributed by atoms with Crippen molar-refractivity contribution in [1.29, 1.82) is 0 Å². The first-order valence-corrected chi connectivity index (χ1v) is 12.4. The van der Waals surface area contributed by atoms with Gasteiger partial charge < -0.3 is 19.9 Å². The van der Waals surface area contributed by atoms with Crippen LogP contribution in [0.1, 0.15) is 25.3 Å². The number of halogens is 1. The summed E-state index contributed by atoms with van der Waals surface area (Å²) in [6.07, 6.45) is 2.32. The number of piperidine rings is 1. The van der Waals surface area contributed by atoms with Crippen LogP contribution in [0.25, 0.3) is 0 Å². The summed E-state index contributed by atoms with van der Waals surface area (Å²) in [7, 11) is 0. The van der Waals surface area contributed by atoms with E-state index in [0.29, 0.717) is 24.1 Å². The molecule has 8 heteroatoms. The van der Waals surface area contributed by atoms with Crippen molar-refractivity contribution in [1.82, 2.24) is 9.80 Å². The number of piperazine rings is 1. The standard InChI is InChI=1S/C26H33ClN4O3/c1-2-34-26(33)31-16-14-30(15-17-31)24-10-12-29(13-11-24)23-8-6-22(7-9-23)28-25(32)19-20-4-3-5-21(27)18-20/h3-9,18,24H,2,10-17,19H2,1H3,(H,28,32). The molecule has 0 aromatic heterocycles. The molecule has 7 nitrogen and oxygen atoms in total. The van der Waals surface area contributed by atoms with E-state index in [1.165, 1.54) is 5.69 Å². The zero-order valence-electron chi connectivity index (χ0n) is 19.7. The molecule has 2 heterocycles. The van der Waals surface area contributed by atoms with Crippen LogP contribution < -0.4 is 10.2 Å². The summed E-state index contributed by atoms with van der Waals surface area (Å²) in [6, 6.07) is 16.0. The van der Waals surface area contributed by atoms with E-state index in [4.69, 9.17) is 16.3 Å². The van der Waals surface area contributed by atoms with Crippen molar-refractivity contribution in [2.75, 3.05) is 56.1 Å². The van der Waals surface area contributed by atoms with Gasteiger partial charge in [-0.25, -0.2) is 4.79 Å². The molecule has 4 rings (SSSR count). The van der Waals surface area contributed by atoms with Crippen LogP contribution in [0.4, 0.5) is 16.2 Å². The van der Waals surface area contributed by atoms with Gasteiger partial charge in [0.1, 0.15) is 0 Å². The molecule has 2 fully saturated rings. The van der Waals surface area contributed by atoms with Crippen molar-refractivity contribution in [3.63, 3.8) is 0 Å². The maximum atomic E-state index is 12.4. The number of rotatable bonds is 6. The minimum Gasteiger partial charge on any atom is -0.450 e. The predicted octanol–water partition coefficient (Wildman–Crippen LogP) is 4.26. The largest absolute Gasteiger partial charge is 0.450 e. The van der Waals surface area contributed by atoms with Crippen LogP contribution in [0.3, 0.4) is 0 Å². The van der Waals surface area contributed by atoms with E-state index in [0.717, 1.165) is 63.4 Å². The molecule has 2 aromatic rings. The van der Waals surface area contributed by atoms with Gasteiger partial charge in [0.05, 0.1) is 13.0 Å². The Morgan fingerprint density at radius 1 is 1.00 bits per heavy atom. The Bertz CT molecular complexity index is 968. The van der Waals surface area contributed by atoms with Gasteiger partial charge in [-0.15, -0.1) is 0 Å². The second kappa shape index (κ2) is 11.6. The number of benzene rings is 2. The van der Waals surface area contributed by atoms with Gasteiger partial charge in [0.15, 0.2) is 0 Å². The molecule has 0 bridgehead atoms. The number of hydrogen-bond acceptors (Lipinski definition) is 5. The molecule has 1 N–H and O–H groups in total. The van der Waals surface area contributed by atoms with Crippen LogP contribution in [-0.2, 0) is 16.0 Å². The van der Waals surface area contributed by atoms with E-state index < -0.39 is 0 Å². The van der Waals surface area contributed by atoms with Crippen LogP contribution in [0.5, 0.6) is 0 Å². The number of carbonyl (C=O) groups excluding carboxylic acids is 2. The van der Waals surface area contributed by atoms with E-state index >= 15 is 0 Å². The zero-order valence-corrected chi connectivity index (χ0v) is 20.5. The van der Waals surface area contributed by atoms with Gasteiger partial charge in [0, 0.05) is 61.7 Å². The van der Waals surface area contributed by atoms with Crippen LogP contribution in [0.15, 0.2) is 48.5 Å². The number of hydrogen-bond donors (Lipinski definition) is 1. The highest BCUT2D eigenvalue weighted by molar-refractivity contribution is 6.30. The second-order valence-electron chi connectivity index (χ2n) is 8.84. The lowest BCUT2D eigenvalue weighted by molar-refractivity contribution is -0.115. The van der Waals surface area contributed by atoms with E-state index in [1.54, 1.807) is 6.07 Å². The molecule has 0 aliphatic carbocycles. The summed E-state index contributed by atoms with van der Waals surface area (Å²) < 4.78 is 5.12. The Balaban J connectivity index is 1.22. The molecule has 0 radical (unpaired) electrons. The number of anilines is 2. The first-order chi connectivity index (χ1) is 16.5. The van der Waals surface area contributed by atoms with Gasteiger partial charge in [-0.1, -0.05) is 23.7 Å². The Morgan fingerprint density at radius 2 is 1.71 bits per heavy atom. The third-order valence-electron chi connectivity index (χ3n) is 6.59. The normalized spacial score (nSPS) is 17.5. The van der Waals surface area contributed by atoms with E-state index in [1.807, 2.05) is 42.2 Å². The summed E-state index contributed by atoms with van der Waals surface area (Å²) in [5.41, 5.74) is 2.87. The van der Waals surface area contributed by atoms with Crippen LogP contribution >= 0.6 is 11.6 Å². The molecule has 0 atom stereocenters. The molecule has 2 aliphatic heterocycles. The minimum atomic E-state index is -0.193. The number of nitrogens with zero attached hydrogens (tertiary/aromatic N) is 3. The molecule has 2 amide bonds. The number of ether oxygens (including phenoxy) is 1. The first-order valence-electron chi connectivity index (χ1n) is 12.1. The SMILES string of the molecule is CCOC(=O)N1CCN(C2CCN(c3ccc(NC(=O)Cc4cccc(Cl)c4)cc3)CC2)CC1. The number of carbonyl (C=O) groups is 2. The van der Waals surface area contributed by atoms with Gasteiger partial charge in [0.25, 0.3) is 0 Å². The third-order valence-corrected chi connectivity index (χ3v) is 6.83. The van der Waals surface area contributed by atoms with Crippen molar-refractivity contribution in [3.8, 4) is 0 Å². The fraction of sp³-hybridized carbons (Fsp3) is 0.462. The fourth-order valence-electron chi connectivity index (χ4n) is 4.77. The Morgan fingerprint density at radius 3 is 2.35 bits per heavy atom. The van der Waals surface area contributed by atoms with E-state index in [2.05, 4.69) is 27.2 Å². The van der Waals surface area contributed by atoms with Gasteiger partial charge in [-0.3, -0.25) is 9.69 Å². The van der Waals surface area contributed by atoms with Gasteiger partial charge in [0.2, 0.25) is 5.91 Å². The maximum Gasteiger partial charge on any atom is 0.409 e. The van der Waals surface area contributed by atoms with Crippen molar-refractivity contribution in [2.24, 2.45) is 0 Å². The highest BCUT2D eigenvalue weighted by atomic mass is 35.5. The van der Waals surface area contributed by atoms with Crippen molar-refractivity contribution >= 4 is 35.0 Å². The molecular weight excluding hydrogens is 452 g/mol. The predicted molar refractivity (Wildman–Crippen MR) is 136 cm³/mol. The summed E-state index contributed by atoms with van der Waals surface area (Å²) in [6.45, 7) is 7.57. The average molecular weight is 485 g/mol. The third kappa shape index (κ3) is 6.42. The van der Waals surface area contributed by atoms with Crippen molar-refractivity contribution in [2.45, 2.75) is 32.2 Å². The zero-order chi connectivity index (χ0) is 23.9. The highest BCUT2D eigenvalue weighted by Crippen LogP contribution is 2.25. The molecule has 0 spiro atoms. The van der Waals surface area contributed by atoms with Gasteiger partial charge in [-0.2, -0.15) is 0 Å². The lowest BCUT2D eigenvalue weighted by atomic mass is 10.0. The molecular formula is C26H33ClN4O3. The second-order valence-corrected chi connectivity index (χ2v) is 9.28.